The lowest BCUT2D eigenvalue weighted by Crippen LogP contribution is -2.74. The molecule has 4 rings (SSSR count). The fourth-order valence-electron chi connectivity index (χ4n) is 17.5. The van der Waals surface area contributed by atoms with Gasteiger partial charge < -0.3 is 195 Å². The third kappa shape index (κ3) is 58.4. The van der Waals surface area contributed by atoms with Crippen molar-refractivity contribution in [2.45, 2.75) is 362 Å². The van der Waals surface area contributed by atoms with Gasteiger partial charge in [-0.2, -0.15) is 0 Å². The van der Waals surface area contributed by atoms with Crippen molar-refractivity contribution in [3.05, 3.63) is 0 Å². The molecule has 892 valence electrons. The lowest BCUT2D eigenvalue weighted by atomic mass is 10.5. The molecule has 4 fully saturated rings. The summed E-state index contributed by atoms with van der Waals surface area (Å²) in [7, 11) is -97.5. The molecular weight excluding hydrogens is 2500 g/mol. The Hall–Kier alpha value is 5.47. The summed E-state index contributed by atoms with van der Waals surface area (Å²) in [5.74, 6) is 1.07. The minimum absolute atomic E-state index is 0.0122. The van der Waals surface area contributed by atoms with E-state index in [4.69, 9.17) is 231 Å². The van der Waals surface area contributed by atoms with Crippen LogP contribution >= 0.6 is 46.4 Å². The summed E-state index contributed by atoms with van der Waals surface area (Å²) >= 11 is 26.2. The van der Waals surface area contributed by atoms with Crippen LogP contribution in [-0.4, -0.2) is 367 Å². The van der Waals surface area contributed by atoms with E-state index in [1.165, 1.54) is 0 Å². The zero-order valence-corrected chi connectivity index (χ0v) is 129. The minimum Gasteiger partial charge on any atom is -0.417 e. The van der Waals surface area contributed by atoms with Crippen molar-refractivity contribution in [2.24, 2.45) is 28.7 Å². The summed E-state index contributed by atoms with van der Waals surface area (Å²) in [6, 6.07) is 2.96. The van der Waals surface area contributed by atoms with E-state index in [-0.39, 0.29) is 76.7 Å². The standard InChI is InChI=1S/C38H106N4O21Si14.C33H88Cl4O17Si14.C2H7NO/c1-22-74(49-64(3,4)5)54-69(14,15)57-75(33-24-28-46-36-40)58-70(16,17)60-76(63-74,34-25-29-47-37-41)55-67(10,11)50-66(8,9)52-73(21,43)62-72(20,32-23-27-45-30-26-39)51-68(12,13)56-77(35-31-48-38-42,53-65(6,7)44-2)61-71(18,19)59-75;1-22-65(40-55(3,4)5)45-60(14,15)48-67(32-25-28-36)50-61(16,17)49-66(31-24-27-35,44-56(6,7)39-2)47-59(12,13)42-63(20,30-23-26-34)53-64(21,38)43-57(8,9)41-58(10,11)46-68(54-65,33-29-37)52-62(18,19)51-67;3-1-2-4/h43H,22-42H2,1-21H3;38H,22-33H2,1-21H3;4H,1-3H2. The quantitative estimate of drug-likeness (QED) is 0.0122. The number of nitrogens with two attached hydrogens (primary N) is 5. The Morgan fingerprint density at radius 3 is 0.772 bits per heavy atom. The van der Waals surface area contributed by atoms with Crippen molar-refractivity contribution in [3.63, 3.8) is 0 Å². The van der Waals surface area contributed by atoms with E-state index >= 15 is 0 Å². The van der Waals surface area contributed by atoms with Crippen molar-refractivity contribution in [1.29, 1.82) is 0 Å². The summed E-state index contributed by atoms with van der Waals surface area (Å²) in [5.41, 5.74) is 28.2. The fourth-order valence-corrected chi connectivity index (χ4v) is 155. The first-order valence-corrected chi connectivity index (χ1v) is 125. The lowest BCUT2D eigenvalue weighted by Gasteiger charge is -2.52. The Labute approximate surface area is 946 Å². The van der Waals surface area contributed by atoms with Crippen LogP contribution in [0.2, 0.25) is 309 Å². The molecule has 0 amide bonds. The van der Waals surface area contributed by atoms with E-state index in [9.17, 15) is 9.59 Å². The molecule has 44 nitrogen and oxygen atoms in total. The molecule has 12 unspecified atom stereocenters. The number of aliphatic hydroxyl groups is 1. The van der Waals surface area contributed by atoms with Crippen molar-refractivity contribution in [3.8, 4) is 0 Å². The number of hydrogen-bond acceptors (Lipinski definition) is 44. The molecule has 0 aromatic heterocycles. The SMILES string of the molecule is CC[Si]1(O[Si](C)(C)C)O[Si](C)(C)O[Si]2(CCCCl)O[Si](C)(C)O[Si](CCCCl)(O[Si](C)(C)OC)O[Si](C)(C)O[Si](C)(CCCCl)O[Si](C)(O)O[Si](C)(C)O[Si](C)(C)O[Si](CCCl)(O[Si](C)(C)O2)O1.CC[Si]1(O[Si](C)(C)C)O[Si](C)(C)O[Si]2(CCCOCN)O[Si](C)(C)O[Si](CCOCN)(O[Si](C)(C)OC)O[Si](C)(C)O[Si](C)(CCCOCCN)O[Si](C)(O)O[Si](C)(C)O[Si](C)(C)O[Si](CCCOCN)(O[Si](C)(C)O2)O1.NCCO. The van der Waals surface area contributed by atoms with Gasteiger partial charge in [0.1, 0.15) is 0 Å². The zero-order valence-electron chi connectivity index (χ0n) is 98.4. The first-order valence-electron chi connectivity index (χ1n) is 51.6. The Balaban J connectivity index is 0.000000978. The number of halogens is 4. The largest absolute Gasteiger partial charge is 0.477 e. The van der Waals surface area contributed by atoms with E-state index in [0.29, 0.717) is 119 Å². The van der Waals surface area contributed by atoms with Crippen LogP contribution in [0.25, 0.3) is 0 Å². The minimum atomic E-state index is -4.20. The normalized spacial score (nSPS) is 33.1. The number of hydrogen-bond donors (Lipinski definition) is 8. The van der Waals surface area contributed by atoms with Gasteiger partial charge >= 0.3 is 225 Å². The highest BCUT2D eigenvalue weighted by Crippen LogP contribution is 2.48. The van der Waals surface area contributed by atoms with Crippen LogP contribution < -0.4 is 28.7 Å². The molecule has 13 N–H and O–H groups in total. The maximum Gasteiger partial charge on any atom is 0.477 e. The molecule has 0 aromatic rings. The lowest BCUT2D eigenvalue weighted by molar-refractivity contribution is 0.100. The topological polar surface area (TPSA) is 523 Å². The summed E-state index contributed by atoms with van der Waals surface area (Å²) in [5, 5.41) is 7.75. The highest BCUT2D eigenvalue weighted by atomic mass is 35.5. The molecule has 4 aliphatic heterocycles. The molecule has 149 heavy (non-hydrogen) atoms. The van der Waals surface area contributed by atoms with Gasteiger partial charge in [-0.1, -0.05) is 13.8 Å². The molecular formula is C73H201Cl4N5O39Si28. The average Bonchev–Trinajstić information content (AvgIpc) is 0.744. The van der Waals surface area contributed by atoms with Gasteiger partial charge in [-0.15, -0.1) is 46.4 Å². The average molecular weight is 2700 g/mol. The van der Waals surface area contributed by atoms with Crippen molar-refractivity contribution < 1.29 is 166 Å². The smallest absolute Gasteiger partial charge is 0.417 e. The molecule has 0 aromatic carbocycles. The molecule has 4 heterocycles. The molecule has 0 saturated carbocycles. The van der Waals surface area contributed by atoms with E-state index < -0.39 is 242 Å². The summed E-state index contributed by atoms with van der Waals surface area (Å²) in [6.07, 6.45) is 2.90. The van der Waals surface area contributed by atoms with Crippen molar-refractivity contribution in [2.75, 3.05) is 111 Å². The van der Waals surface area contributed by atoms with Crippen molar-refractivity contribution in [1.82, 2.24) is 0 Å². The predicted molar refractivity (Wildman–Crippen MR) is 646 cm³/mol. The Morgan fingerprint density at radius 2 is 0.483 bits per heavy atom. The number of aliphatic hydroxyl groups excluding tert-OH is 1. The van der Waals surface area contributed by atoms with Crippen LogP contribution in [0.3, 0.4) is 0 Å². The Morgan fingerprint density at radius 1 is 0.242 bits per heavy atom. The molecule has 0 spiro atoms. The van der Waals surface area contributed by atoms with Gasteiger partial charge in [0.05, 0.1) is 40.0 Å². The van der Waals surface area contributed by atoms with E-state index in [1.807, 2.05) is 210 Å². The van der Waals surface area contributed by atoms with Gasteiger partial charge in [-0.25, -0.2) is 0 Å². The van der Waals surface area contributed by atoms with E-state index in [1.54, 1.807) is 27.3 Å². The van der Waals surface area contributed by atoms with Crippen LogP contribution in [0.15, 0.2) is 0 Å². The number of ether oxygens (including phenoxy) is 4. The van der Waals surface area contributed by atoms with Gasteiger partial charge in [0.2, 0.25) is 0 Å². The third-order valence-electron chi connectivity index (χ3n) is 20.4. The molecule has 12 atom stereocenters. The number of rotatable bonds is 44. The van der Waals surface area contributed by atoms with Crippen LogP contribution in [0.4, 0.5) is 0 Å². The van der Waals surface area contributed by atoms with Crippen LogP contribution in [0.1, 0.15) is 52.4 Å². The third-order valence-corrected chi connectivity index (χ3v) is 132. The number of alkyl halides is 4. The summed E-state index contributed by atoms with van der Waals surface area (Å²) < 4.78 is 254. The highest BCUT2D eigenvalue weighted by Gasteiger charge is 2.71. The second-order valence-electron chi connectivity index (χ2n) is 45.5. The van der Waals surface area contributed by atoms with E-state index in [2.05, 4.69) is 39.3 Å². The fraction of sp³-hybridized carbons (Fsp3) is 1.00. The van der Waals surface area contributed by atoms with Gasteiger partial charge in [-0.3, -0.25) is 0 Å². The maximum atomic E-state index is 12.5. The molecule has 0 aliphatic carbocycles. The van der Waals surface area contributed by atoms with Gasteiger partial charge in [0.25, 0.3) is 0 Å². The molecule has 4 bridgehead atoms. The van der Waals surface area contributed by atoms with Crippen LogP contribution in [-0.2, 0) is 151 Å². The predicted octanol–water partition coefficient (Wildman–Crippen LogP) is 16.1. The monoisotopic (exact) mass is 2700 g/mol. The molecule has 4 aliphatic rings. The Kier molecular flexibility index (Phi) is 62.3. The van der Waals surface area contributed by atoms with Crippen LogP contribution in [0, 0.1) is 0 Å². The van der Waals surface area contributed by atoms with Gasteiger partial charge in [0.15, 0.2) is 16.6 Å². The Bertz CT molecular complexity index is 3880. The van der Waals surface area contributed by atoms with Crippen molar-refractivity contribution >= 4 is 288 Å². The highest BCUT2D eigenvalue weighted by molar-refractivity contribution is 7.01. The molecule has 4 saturated heterocycles. The summed E-state index contributed by atoms with van der Waals surface area (Å²) in [6.45, 7) is 79.5. The zero-order chi connectivity index (χ0) is 115. The van der Waals surface area contributed by atoms with Gasteiger partial charge in [-0.05, 0) is 286 Å². The van der Waals surface area contributed by atoms with E-state index in [0.717, 1.165) is 0 Å². The van der Waals surface area contributed by atoms with Crippen LogP contribution in [0.5, 0.6) is 0 Å². The first-order chi connectivity index (χ1) is 67.4. The molecule has 76 heteroatoms. The second kappa shape index (κ2) is 61.7. The first kappa shape index (κ1) is 151. The number of fused-ring (bicyclic) bond motifs is 8. The van der Waals surface area contributed by atoms with Gasteiger partial charge in [0, 0.05) is 132 Å². The second-order valence-corrected chi connectivity index (χ2v) is 144. The summed E-state index contributed by atoms with van der Waals surface area (Å²) in [4.78, 5) is 24.8. The maximum absolute atomic E-state index is 12.5. The molecule has 0 radical (unpaired) electrons.